The summed E-state index contributed by atoms with van der Waals surface area (Å²) in [6.07, 6.45) is 4.03. The number of para-hydroxylation sites is 1. The molecule has 2 amide bonds. The van der Waals surface area contributed by atoms with Crippen LogP contribution in [0.2, 0.25) is 0 Å². The summed E-state index contributed by atoms with van der Waals surface area (Å²) < 4.78 is 43.5. The maximum Gasteiger partial charge on any atom is 0.304 e. The molecule has 3 aromatic rings. The quantitative estimate of drug-likeness (QED) is 0.336. The van der Waals surface area contributed by atoms with Crippen LogP contribution >= 0.6 is 0 Å². The van der Waals surface area contributed by atoms with E-state index in [9.17, 15) is 22.4 Å². The third-order valence-corrected chi connectivity index (χ3v) is 9.35. The molecular weight excluding hydrogens is 555 g/mol. The second kappa shape index (κ2) is 13.9. The Kier molecular flexibility index (Phi) is 10.3. The predicted molar refractivity (Wildman–Crippen MR) is 162 cm³/mol. The number of hydrogen-bond donors (Lipinski definition) is 1. The summed E-state index contributed by atoms with van der Waals surface area (Å²) in [7, 11) is -1.62. The molecule has 1 aliphatic carbocycles. The van der Waals surface area contributed by atoms with Gasteiger partial charge in [0.15, 0.2) is 0 Å². The molecule has 0 aliphatic heterocycles. The van der Waals surface area contributed by atoms with Gasteiger partial charge in [-0.2, -0.15) is 12.7 Å². The first-order valence-electron chi connectivity index (χ1n) is 14.2. The van der Waals surface area contributed by atoms with E-state index >= 15 is 0 Å². The molecule has 8 nitrogen and oxygen atoms in total. The fourth-order valence-corrected chi connectivity index (χ4v) is 6.35. The monoisotopic (exact) mass is 594 g/mol. The highest BCUT2D eigenvalue weighted by atomic mass is 32.2. The molecule has 1 saturated carbocycles. The minimum absolute atomic E-state index is 0.0238. The Labute approximate surface area is 248 Å². The number of nitrogens with zero attached hydrogens (tertiary/aromatic N) is 3. The van der Waals surface area contributed by atoms with Crippen molar-refractivity contribution in [3.63, 3.8) is 0 Å². The molecule has 0 heterocycles. The number of aryl methyl sites for hydroxylation is 1. The molecule has 1 atom stereocenters. The van der Waals surface area contributed by atoms with E-state index in [0.717, 1.165) is 57.1 Å². The molecule has 224 valence electrons. The summed E-state index contributed by atoms with van der Waals surface area (Å²) in [5.41, 5.74) is 2.39. The second-order valence-corrected chi connectivity index (χ2v) is 13.0. The Bertz CT molecular complexity index is 1480. The van der Waals surface area contributed by atoms with Crippen molar-refractivity contribution in [2.24, 2.45) is 0 Å². The van der Waals surface area contributed by atoms with Crippen LogP contribution in [-0.4, -0.2) is 62.2 Å². The molecule has 4 rings (SSSR count). The lowest BCUT2D eigenvalue weighted by Crippen LogP contribution is -2.55. The van der Waals surface area contributed by atoms with Crippen LogP contribution < -0.4 is 9.62 Å². The zero-order chi connectivity index (χ0) is 30.3. The SMILES string of the molecule is Cc1cccc(CN(C(=O)CN(c2ccccc2F)S(=O)(=O)N(C)C)[C@@H](Cc2ccccc2)C(=O)NC2CCCC2)c1. The van der Waals surface area contributed by atoms with Crippen molar-refractivity contribution < 1.29 is 22.4 Å². The van der Waals surface area contributed by atoms with Gasteiger partial charge in [-0.1, -0.05) is 85.1 Å². The third kappa shape index (κ3) is 7.74. The highest BCUT2D eigenvalue weighted by molar-refractivity contribution is 7.90. The maximum absolute atomic E-state index is 15.0. The zero-order valence-electron chi connectivity index (χ0n) is 24.4. The third-order valence-electron chi connectivity index (χ3n) is 7.55. The van der Waals surface area contributed by atoms with Gasteiger partial charge in [0.05, 0.1) is 5.69 Å². The molecule has 1 aliphatic rings. The number of anilines is 1. The number of benzene rings is 3. The van der Waals surface area contributed by atoms with Gasteiger partial charge in [-0.15, -0.1) is 0 Å². The van der Waals surface area contributed by atoms with Crippen LogP contribution in [0, 0.1) is 12.7 Å². The first-order chi connectivity index (χ1) is 20.1. The largest absolute Gasteiger partial charge is 0.352 e. The Morgan fingerprint density at radius 1 is 0.929 bits per heavy atom. The smallest absolute Gasteiger partial charge is 0.304 e. The van der Waals surface area contributed by atoms with Crippen molar-refractivity contribution in [1.29, 1.82) is 0 Å². The van der Waals surface area contributed by atoms with Gasteiger partial charge in [0.2, 0.25) is 11.8 Å². The number of hydrogen-bond acceptors (Lipinski definition) is 4. The van der Waals surface area contributed by atoms with Gasteiger partial charge >= 0.3 is 10.2 Å². The second-order valence-electron chi connectivity index (χ2n) is 11.0. The summed E-state index contributed by atoms with van der Waals surface area (Å²) >= 11 is 0. The van der Waals surface area contributed by atoms with Crippen molar-refractivity contribution >= 4 is 27.7 Å². The molecule has 1 fully saturated rings. The van der Waals surface area contributed by atoms with E-state index in [2.05, 4.69) is 5.32 Å². The topological polar surface area (TPSA) is 90.0 Å². The molecule has 0 bridgehead atoms. The Morgan fingerprint density at radius 2 is 1.57 bits per heavy atom. The highest BCUT2D eigenvalue weighted by Gasteiger charge is 2.36. The molecule has 0 unspecified atom stereocenters. The molecule has 0 radical (unpaired) electrons. The first kappa shape index (κ1) is 31.2. The molecule has 3 aromatic carbocycles. The van der Waals surface area contributed by atoms with Crippen molar-refractivity contribution in [2.75, 3.05) is 24.9 Å². The lowest BCUT2D eigenvalue weighted by atomic mass is 10.0. The number of carbonyl (C=O) groups excluding carboxylic acids is 2. The van der Waals surface area contributed by atoms with Crippen LogP contribution in [-0.2, 0) is 32.8 Å². The van der Waals surface area contributed by atoms with E-state index in [1.165, 1.54) is 37.2 Å². The molecule has 42 heavy (non-hydrogen) atoms. The van der Waals surface area contributed by atoms with Crippen LogP contribution in [0.3, 0.4) is 0 Å². The number of amides is 2. The molecule has 0 saturated heterocycles. The molecule has 10 heteroatoms. The van der Waals surface area contributed by atoms with Crippen LogP contribution in [0.15, 0.2) is 78.9 Å². The zero-order valence-corrected chi connectivity index (χ0v) is 25.2. The van der Waals surface area contributed by atoms with E-state index in [-0.39, 0.29) is 30.6 Å². The van der Waals surface area contributed by atoms with Gasteiger partial charge in [0.1, 0.15) is 18.4 Å². The van der Waals surface area contributed by atoms with Crippen molar-refractivity contribution in [3.8, 4) is 0 Å². The van der Waals surface area contributed by atoms with E-state index in [0.29, 0.717) is 0 Å². The van der Waals surface area contributed by atoms with Crippen molar-refractivity contribution in [2.45, 2.75) is 57.7 Å². The van der Waals surface area contributed by atoms with Crippen LogP contribution in [0.1, 0.15) is 42.4 Å². The average molecular weight is 595 g/mol. The van der Waals surface area contributed by atoms with Crippen LogP contribution in [0.25, 0.3) is 0 Å². The van der Waals surface area contributed by atoms with E-state index in [4.69, 9.17) is 0 Å². The van der Waals surface area contributed by atoms with E-state index in [1.54, 1.807) is 0 Å². The van der Waals surface area contributed by atoms with E-state index < -0.39 is 34.5 Å². The fraction of sp³-hybridized carbons (Fsp3) is 0.375. The highest BCUT2D eigenvalue weighted by Crippen LogP contribution is 2.25. The van der Waals surface area contributed by atoms with E-state index in [1.807, 2.05) is 61.5 Å². The average Bonchev–Trinajstić information content (AvgIpc) is 3.47. The summed E-state index contributed by atoms with van der Waals surface area (Å²) in [6, 6.07) is 21.6. The van der Waals surface area contributed by atoms with Gasteiger partial charge in [-0.25, -0.2) is 8.70 Å². The standard InChI is InChI=1S/C32H39FN4O4S/c1-24-12-11-15-26(20-24)22-36(30(21-25-13-5-4-6-14-25)32(39)34-27-16-7-8-17-27)31(38)23-37(42(40,41)35(2)3)29-19-10-9-18-28(29)33/h4-6,9-15,18-20,27,30H,7-8,16-17,21-23H2,1-3H3,(H,34,39)/t30-/m0/s1. The van der Waals surface area contributed by atoms with Crippen molar-refractivity contribution in [3.05, 3.63) is 101 Å². The summed E-state index contributed by atoms with van der Waals surface area (Å²) in [5, 5.41) is 3.14. The number of carbonyl (C=O) groups is 2. The minimum Gasteiger partial charge on any atom is -0.352 e. The number of nitrogens with one attached hydrogen (secondary N) is 1. The van der Waals surface area contributed by atoms with Crippen LogP contribution in [0.5, 0.6) is 0 Å². The molecule has 0 spiro atoms. The summed E-state index contributed by atoms with van der Waals surface area (Å²) in [6.45, 7) is 1.33. The minimum atomic E-state index is -4.27. The van der Waals surface area contributed by atoms with Gasteiger partial charge in [0.25, 0.3) is 0 Å². The summed E-state index contributed by atoms with van der Waals surface area (Å²) in [5.74, 6) is -1.69. The molecule has 1 N–H and O–H groups in total. The summed E-state index contributed by atoms with van der Waals surface area (Å²) in [4.78, 5) is 29.6. The Balaban J connectivity index is 1.76. The Morgan fingerprint density at radius 3 is 2.21 bits per heavy atom. The van der Waals surface area contributed by atoms with Gasteiger partial charge < -0.3 is 10.2 Å². The first-order valence-corrected chi connectivity index (χ1v) is 15.6. The normalized spacial score (nSPS) is 14.5. The fourth-order valence-electron chi connectivity index (χ4n) is 5.28. The molecule has 0 aromatic heterocycles. The maximum atomic E-state index is 15.0. The van der Waals surface area contributed by atoms with Crippen molar-refractivity contribution in [1.82, 2.24) is 14.5 Å². The predicted octanol–water partition coefficient (Wildman–Crippen LogP) is 4.45. The number of rotatable bonds is 12. The number of halogens is 1. The lowest BCUT2D eigenvalue weighted by molar-refractivity contribution is -0.140. The van der Waals surface area contributed by atoms with Gasteiger partial charge in [0, 0.05) is 33.1 Å². The van der Waals surface area contributed by atoms with Gasteiger partial charge in [-0.05, 0) is 43.0 Å². The Hall–Kier alpha value is -3.76. The lowest BCUT2D eigenvalue weighted by Gasteiger charge is -2.35. The van der Waals surface area contributed by atoms with Crippen LogP contribution in [0.4, 0.5) is 10.1 Å². The van der Waals surface area contributed by atoms with Gasteiger partial charge in [-0.3, -0.25) is 9.59 Å². The molecular formula is C32H39FN4O4S.